The number of thiophene rings is 1. The lowest BCUT2D eigenvalue weighted by Crippen LogP contribution is -2.21. The van der Waals surface area contributed by atoms with E-state index < -0.39 is 5.97 Å². The summed E-state index contributed by atoms with van der Waals surface area (Å²) in [5.41, 5.74) is 1.85. The number of amides is 1. The number of hydrogen-bond acceptors (Lipinski definition) is 7. The van der Waals surface area contributed by atoms with Crippen molar-refractivity contribution in [3.05, 3.63) is 50.6 Å². The summed E-state index contributed by atoms with van der Waals surface area (Å²) in [5.74, 6) is -0.525. The monoisotopic (exact) mass is 431 g/mol. The predicted molar refractivity (Wildman–Crippen MR) is 116 cm³/mol. The lowest BCUT2D eigenvalue weighted by molar-refractivity contribution is -0.113. The third kappa shape index (κ3) is 4.51. The molecule has 0 unspecified atom stereocenters. The molecule has 0 aliphatic heterocycles. The summed E-state index contributed by atoms with van der Waals surface area (Å²) < 4.78 is 6.41. The second-order valence-corrected chi connectivity index (χ2v) is 8.50. The summed E-state index contributed by atoms with van der Waals surface area (Å²) >= 11 is 2.69. The van der Waals surface area contributed by atoms with Gasteiger partial charge in [-0.1, -0.05) is 11.8 Å². The highest BCUT2D eigenvalue weighted by molar-refractivity contribution is 7.99. The molecule has 152 valence electrons. The number of esters is 1. The summed E-state index contributed by atoms with van der Waals surface area (Å²) in [7, 11) is 1.66. The quantitative estimate of drug-likeness (QED) is 0.365. The second-order valence-electron chi connectivity index (χ2n) is 6.36. The van der Waals surface area contributed by atoms with Crippen LogP contribution in [-0.4, -0.2) is 33.8 Å². The Morgan fingerprint density at radius 2 is 1.93 bits per heavy atom. The number of carbonyl (C=O) groups excluding carboxylic acids is 2. The topological polar surface area (TPSA) is 90.3 Å². The molecule has 9 heteroatoms. The molecule has 3 rings (SSSR count). The van der Waals surface area contributed by atoms with Crippen LogP contribution in [0.1, 0.15) is 27.7 Å². The van der Waals surface area contributed by atoms with Crippen LogP contribution in [0.25, 0.3) is 10.2 Å². The molecule has 0 saturated heterocycles. The van der Waals surface area contributed by atoms with Crippen molar-refractivity contribution in [2.24, 2.45) is 7.05 Å². The van der Waals surface area contributed by atoms with Gasteiger partial charge in [0, 0.05) is 17.6 Å². The van der Waals surface area contributed by atoms with Gasteiger partial charge in [-0.05, 0) is 50.6 Å². The number of fused-ring (bicyclic) bond motifs is 1. The number of nitrogens with one attached hydrogen (secondary N) is 1. The van der Waals surface area contributed by atoms with E-state index in [9.17, 15) is 14.4 Å². The first kappa shape index (κ1) is 21.1. The number of rotatable bonds is 6. The van der Waals surface area contributed by atoms with Gasteiger partial charge < -0.3 is 10.1 Å². The standard InChI is InChI=1S/C20H21N3O4S2/c1-5-27-19(26)13-6-8-14(9-7-13)21-15(24)10-28-20-22-17-16(18(25)23(20)4)11(2)12(3)29-17/h6-9H,5,10H2,1-4H3,(H,21,24). The molecule has 3 aromatic rings. The molecular formula is C20H21N3O4S2. The molecule has 0 aliphatic carbocycles. The molecule has 1 N–H and O–H groups in total. The van der Waals surface area contributed by atoms with Gasteiger partial charge >= 0.3 is 5.97 Å². The van der Waals surface area contributed by atoms with Gasteiger partial charge in [-0.15, -0.1) is 11.3 Å². The number of anilines is 1. The van der Waals surface area contributed by atoms with Crippen LogP contribution in [0.2, 0.25) is 0 Å². The summed E-state index contributed by atoms with van der Waals surface area (Å²) in [4.78, 5) is 42.9. The molecule has 0 bridgehead atoms. The number of carbonyl (C=O) groups is 2. The molecule has 2 aromatic heterocycles. The van der Waals surface area contributed by atoms with Crippen molar-refractivity contribution in [1.82, 2.24) is 9.55 Å². The van der Waals surface area contributed by atoms with E-state index in [2.05, 4.69) is 10.3 Å². The molecule has 1 amide bonds. The van der Waals surface area contributed by atoms with E-state index >= 15 is 0 Å². The van der Waals surface area contributed by atoms with E-state index in [0.29, 0.717) is 33.2 Å². The molecule has 7 nitrogen and oxygen atoms in total. The number of hydrogen-bond donors (Lipinski definition) is 1. The molecule has 0 aliphatic rings. The first-order valence-electron chi connectivity index (χ1n) is 8.98. The summed E-state index contributed by atoms with van der Waals surface area (Å²) in [6, 6.07) is 6.49. The maximum Gasteiger partial charge on any atom is 0.338 e. The summed E-state index contributed by atoms with van der Waals surface area (Å²) in [5, 5.41) is 3.91. The average Bonchev–Trinajstić information content (AvgIpc) is 2.98. The van der Waals surface area contributed by atoms with Crippen molar-refractivity contribution >= 4 is 50.9 Å². The highest BCUT2D eigenvalue weighted by Gasteiger charge is 2.16. The molecule has 2 heterocycles. The zero-order valence-electron chi connectivity index (χ0n) is 16.6. The molecule has 1 aromatic carbocycles. The van der Waals surface area contributed by atoms with E-state index in [1.54, 1.807) is 38.2 Å². The Hall–Kier alpha value is -2.65. The van der Waals surface area contributed by atoms with Gasteiger partial charge in [0.15, 0.2) is 5.16 Å². The Balaban J connectivity index is 1.67. The fourth-order valence-electron chi connectivity index (χ4n) is 2.72. The first-order chi connectivity index (χ1) is 13.8. The van der Waals surface area contributed by atoms with Crippen LogP contribution in [0.4, 0.5) is 5.69 Å². The van der Waals surface area contributed by atoms with Crippen molar-refractivity contribution in [1.29, 1.82) is 0 Å². The smallest absolute Gasteiger partial charge is 0.338 e. The van der Waals surface area contributed by atoms with E-state index in [-0.39, 0.29) is 17.2 Å². The first-order valence-corrected chi connectivity index (χ1v) is 10.8. The van der Waals surface area contributed by atoms with Crippen LogP contribution in [0.5, 0.6) is 0 Å². The number of aryl methyl sites for hydroxylation is 2. The molecule has 0 saturated carbocycles. The van der Waals surface area contributed by atoms with E-state index in [1.807, 2.05) is 13.8 Å². The minimum absolute atomic E-state index is 0.102. The largest absolute Gasteiger partial charge is 0.462 e. The van der Waals surface area contributed by atoms with Crippen molar-refractivity contribution < 1.29 is 14.3 Å². The fourth-order valence-corrected chi connectivity index (χ4v) is 4.56. The fraction of sp³-hybridized carbons (Fsp3) is 0.300. The SMILES string of the molecule is CCOC(=O)c1ccc(NC(=O)CSc2nc3sc(C)c(C)c3c(=O)n2C)cc1. The van der Waals surface area contributed by atoms with E-state index in [1.165, 1.54) is 27.7 Å². The second kappa shape index (κ2) is 8.79. The number of nitrogens with zero attached hydrogens (tertiary/aromatic N) is 2. The van der Waals surface area contributed by atoms with Crippen LogP contribution in [0.3, 0.4) is 0 Å². The van der Waals surface area contributed by atoms with E-state index in [4.69, 9.17) is 4.74 Å². The lowest BCUT2D eigenvalue weighted by atomic mass is 10.2. The highest BCUT2D eigenvalue weighted by atomic mass is 32.2. The van der Waals surface area contributed by atoms with Crippen molar-refractivity contribution in [3.8, 4) is 0 Å². The highest BCUT2D eigenvalue weighted by Crippen LogP contribution is 2.28. The summed E-state index contributed by atoms with van der Waals surface area (Å²) in [6.45, 7) is 5.94. The maximum atomic E-state index is 12.6. The average molecular weight is 432 g/mol. The Bertz CT molecular complexity index is 1130. The molecule has 0 spiro atoms. The molecule has 0 radical (unpaired) electrons. The Morgan fingerprint density at radius 3 is 2.59 bits per heavy atom. The maximum absolute atomic E-state index is 12.6. The van der Waals surface area contributed by atoms with Gasteiger partial charge in [0.05, 0.1) is 23.3 Å². The number of thioether (sulfide) groups is 1. The Labute approximate surface area is 176 Å². The predicted octanol–water partition coefficient (Wildman–Crippen LogP) is 3.52. The minimum Gasteiger partial charge on any atom is -0.462 e. The zero-order valence-corrected chi connectivity index (χ0v) is 18.2. The molecule has 0 atom stereocenters. The van der Waals surface area contributed by atoms with Gasteiger partial charge in [-0.3, -0.25) is 14.2 Å². The third-order valence-corrected chi connectivity index (χ3v) is 6.51. The molecule has 0 fully saturated rings. The van der Waals surface area contributed by atoms with Crippen molar-refractivity contribution in [2.45, 2.75) is 25.9 Å². The van der Waals surface area contributed by atoms with Crippen LogP contribution in [0, 0.1) is 13.8 Å². The van der Waals surface area contributed by atoms with Crippen LogP contribution in [0.15, 0.2) is 34.2 Å². The Kier molecular flexibility index (Phi) is 6.39. The Morgan fingerprint density at radius 1 is 1.24 bits per heavy atom. The third-order valence-electron chi connectivity index (χ3n) is 4.38. The van der Waals surface area contributed by atoms with E-state index in [0.717, 1.165) is 10.4 Å². The van der Waals surface area contributed by atoms with Gasteiger partial charge in [0.2, 0.25) is 5.91 Å². The number of aromatic nitrogens is 2. The van der Waals surface area contributed by atoms with Crippen LogP contribution < -0.4 is 10.9 Å². The number of benzene rings is 1. The number of ether oxygens (including phenoxy) is 1. The van der Waals surface area contributed by atoms with Gasteiger partial charge in [0.1, 0.15) is 4.83 Å². The van der Waals surface area contributed by atoms with Crippen molar-refractivity contribution in [2.75, 3.05) is 17.7 Å². The van der Waals surface area contributed by atoms with Gasteiger partial charge in [-0.25, -0.2) is 9.78 Å². The summed E-state index contributed by atoms with van der Waals surface area (Å²) in [6.07, 6.45) is 0. The molecule has 29 heavy (non-hydrogen) atoms. The van der Waals surface area contributed by atoms with Crippen LogP contribution >= 0.6 is 23.1 Å². The normalized spacial score (nSPS) is 10.9. The minimum atomic E-state index is -0.401. The zero-order chi connectivity index (χ0) is 21.1. The lowest BCUT2D eigenvalue weighted by Gasteiger charge is -2.08. The van der Waals surface area contributed by atoms with Crippen LogP contribution in [-0.2, 0) is 16.6 Å². The molecular weight excluding hydrogens is 410 g/mol. The van der Waals surface area contributed by atoms with Gasteiger partial charge in [0.25, 0.3) is 5.56 Å². The van der Waals surface area contributed by atoms with Gasteiger partial charge in [-0.2, -0.15) is 0 Å². The van der Waals surface area contributed by atoms with Crippen molar-refractivity contribution in [3.63, 3.8) is 0 Å².